The van der Waals surface area contributed by atoms with Crippen LogP contribution in [0.2, 0.25) is 0 Å². The third-order valence-electron chi connectivity index (χ3n) is 2.05. The minimum atomic E-state index is -3.01. The van der Waals surface area contributed by atoms with E-state index in [2.05, 4.69) is 0 Å². The smallest absolute Gasteiger partial charge is 0.330 e. The molecule has 0 amide bonds. The van der Waals surface area contributed by atoms with Crippen molar-refractivity contribution in [3.8, 4) is 0 Å². The van der Waals surface area contributed by atoms with Crippen LogP contribution in [-0.2, 0) is 23.1 Å². The second-order valence-corrected chi connectivity index (χ2v) is 5.97. The zero-order valence-electron chi connectivity index (χ0n) is 10.9. The predicted octanol–water partition coefficient (Wildman–Crippen LogP) is 2.99. The molecule has 0 fully saturated rings. The third-order valence-corrected chi connectivity index (χ3v) is 4.05. The van der Waals surface area contributed by atoms with Gasteiger partial charge in [0, 0.05) is 13.5 Å². The lowest BCUT2D eigenvalue weighted by Crippen LogP contribution is -2.07. The molecular formula is C11H23O5P. The van der Waals surface area contributed by atoms with Gasteiger partial charge in [-0.15, -0.1) is 0 Å². The number of ether oxygens (including phenoxy) is 1. The number of hydrogen-bond donors (Lipinski definition) is 0. The molecule has 0 spiro atoms. The van der Waals surface area contributed by atoms with E-state index in [9.17, 15) is 9.36 Å². The Morgan fingerprint density at radius 3 is 2.35 bits per heavy atom. The summed E-state index contributed by atoms with van der Waals surface area (Å²) in [4.78, 5) is 11.2. The minimum absolute atomic E-state index is 0.253. The highest BCUT2D eigenvalue weighted by atomic mass is 31.2. The van der Waals surface area contributed by atoms with E-state index in [0.29, 0.717) is 19.6 Å². The molecule has 0 saturated heterocycles. The molecule has 0 aliphatic rings. The van der Waals surface area contributed by atoms with Gasteiger partial charge in [0.2, 0.25) is 0 Å². The normalized spacial score (nSPS) is 14.3. The summed E-state index contributed by atoms with van der Waals surface area (Å²) in [6.45, 7) is 4.71. The summed E-state index contributed by atoms with van der Waals surface area (Å²) in [5.41, 5.74) is 0. The van der Waals surface area contributed by atoms with Gasteiger partial charge in [-0.05, 0) is 19.3 Å². The SMILES string of the molecule is CCCOC(=O)CCCP(=O)(OC)OCCC. The molecule has 0 aromatic rings. The summed E-state index contributed by atoms with van der Waals surface area (Å²) < 4.78 is 26.9. The van der Waals surface area contributed by atoms with Crippen molar-refractivity contribution in [3.63, 3.8) is 0 Å². The maximum Gasteiger partial charge on any atom is 0.330 e. The lowest BCUT2D eigenvalue weighted by molar-refractivity contribution is -0.143. The molecule has 6 heteroatoms. The molecule has 0 aliphatic carbocycles. The van der Waals surface area contributed by atoms with Crippen molar-refractivity contribution < 1.29 is 23.1 Å². The quantitative estimate of drug-likeness (QED) is 0.449. The highest BCUT2D eigenvalue weighted by Crippen LogP contribution is 2.48. The highest BCUT2D eigenvalue weighted by molar-refractivity contribution is 7.53. The minimum Gasteiger partial charge on any atom is -0.466 e. The zero-order chi connectivity index (χ0) is 13.1. The molecule has 17 heavy (non-hydrogen) atoms. The van der Waals surface area contributed by atoms with Crippen LogP contribution in [-0.4, -0.2) is 32.5 Å². The summed E-state index contributed by atoms with van der Waals surface area (Å²) in [5, 5.41) is 0. The van der Waals surface area contributed by atoms with Crippen molar-refractivity contribution in [3.05, 3.63) is 0 Å². The first-order valence-electron chi connectivity index (χ1n) is 6.03. The van der Waals surface area contributed by atoms with Crippen molar-refractivity contribution in [1.82, 2.24) is 0 Å². The summed E-state index contributed by atoms with van der Waals surface area (Å²) >= 11 is 0. The fraction of sp³-hybridized carbons (Fsp3) is 0.909. The van der Waals surface area contributed by atoms with Gasteiger partial charge in [-0.2, -0.15) is 0 Å². The van der Waals surface area contributed by atoms with Gasteiger partial charge < -0.3 is 13.8 Å². The summed E-state index contributed by atoms with van der Waals surface area (Å²) in [6, 6.07) is 0. The molecule has 0 heterocycles. The molecule has 1 unspecified atom stereocenters. The van der Waals surface area contributed by atoms with E-state index in [0.717, 1.165) is 12.8 Å². The van der Waals surface area contributed by atoms with Crippen molar-refractivity contribution in [2.24, 2.45) is 0 Å². The van der Waals surface area contributed by atoms with Gasteiger partial charge in [-0.1, -0.05) is 13.8 Å². The van der Waals surface area contributed by atoms with Crippen LogP contribution < -0.4 is 0 Å². The van der Waals surface area contributed by atoms with E-state index in [-0.39, 0.29) is 18.6 Å². The maximum atomic E-state index is 11.9. The Bertz CT molecular complexity index is 254. The van der Waals surface area contributed by atoms with Crippen molar-refractivity contribution in [1.29, 1.82) is 0 Å². The third kappa shape index (κ3) is 8.36. The number of hydrogen-bond acceptors (Lipinski definition) is 5. The van der Waals surface area contributed by atoms with Gasteiger partial charge in [0.1, 0.15) is 0 Å². The maximum absolute atomic E-state index is 11.9. The second kappa shape index (κ2) is 9.63. The molecule has 0 aliphatic heterocycles. The van der Waals surface area contributed by atoms with E-state index in [1.165, 1.54) is 7.11 Å². The van der Waals surface area contributed by atoms with Crippen LogP contribution in [0.5, 0.6) is 0 Å². The molecule has 1 atom stereocenters. The average molecular weight is 266 g/mol. The van der Waals surface area contributed by atoms with E-state index < -0.39 is 7.60 Å². The molecular weight excluding hydrogens is 243 g/mol. The Kier molecular flexibility index (Phi) is 9.41. The first-order valence-corrected chi connectivity index (χ1v) is 7.75. The molecule has 0 aromatic carbocycles. The Morgan fingerprint density at radius 1 is 1.18 bits per heavy atom. The molecule has 0 aromatic heterocycles. The van der Waals surface area contributed by atoms with Crippen molar-refractivity contribution in [2.75, 3.05) is 26.5 Å². The standard InChI is InChI=1S/C11H23O5P/c1-4-8-15-11(12)7-6-10-17(13,14-3)16-9-5-2/h4-10H2,1-3H3. The molecule has 0 rings (SSSR count). The van der Waals surface area contributed by atoms with Gasteiger partial charge in [0.25, 0.3) is 0 Å². The number of carbonyl (C=O) groups is 1. The number of rotatable bonds is 10. The summed E-state index contributed by atoms with van der Waals surface area (Å²) in [5.74, 6) is -0.259. The van der Waals surface area contributed by atoms with Crippen LogP contribution in [0, 0.1) is 0 Å². The Labute approximate surface area is 103 Å². The topological polar surface area (TPSA) is 61.8 Å². The van der Waals surface area contributed by atoms with Gasteiger partial charge in [-0.25, -0.2) is 0 Å². The number of carbonyl (C=O) groups excluding carboxylic acids is 1. The predicted molar refractivity (Wildman–Crippen MR) is 66.2 cm³/mol. The largest absolute Gasteiger partial charge is 0.466 e. The van der Waals surface area contributed by atoms with Gasteiger partial charge >= 0.3 is 13.6 Å². The van der Waals surface area contributed by atoms with Crippen LogP contribution in [0.1, 0.15) is 39.5 Å². The molecule has 0 bridgehead atoms. The first-order chi connectivity index (χ1) is 8.08. The monoisotopic (exact) mass is 266 g/mol. The van der Waals surface area contributed by atoms with Crippen molar-refractivity contribution in [2.45, 2.75) is 39.5 Å². The molecule has 0 saturated carbocycles. The second-order valence-electron chi connectivity index (χ2n) is 3.67. The van der Waals surface area contributed by atoms with E-state index >= 15 is 0 Å². The van der Waals surface area contributed by atoms with Gasteiger partial charge in [0.15, 0.2) is 0 Å². The lowest BCUT2D eigenvalue weighted by atomic mass is 10.3. The van der Waals surface area contributed by atoms with Crippen LogP contribution in [0.3, 0.4) is 0 Å². The first kappa shape index (κ1) is 16.6. The molecule has 5 nitrogen and oxygen atoms in total. The van der Waals surface area contributed by atoms with E-state index in [1.807, 2.05) is 13.8 Å². The fourth-order valence-electron chi connectivity index (χ4n) is 1.14. The highest BCUT2D eigenvalue weighted by Gasteiger charge is 2.22. The average Bonchev–Trinajstić information content (AvgIpc) is 2.34. The number of esters is 1. The Morgan fingerprint density at radius 2 is 1.82 bits per heavy atom. The fourth-order valence-corrected chi connectivity index (χ4v) is 2.57. The van der Waals surface area contributed by atoms with Crippen LogP contribution in [0.4, 0.5) is 0 Å². The van der Waals surface area contributed by atoms with Crippen LogP contribution >= 0.6 is 7.60 Å². The molecule has 102 valence electrons. The van der Waals surface area contributed by atoms with Crippen LogP contribution in [0.15, 0.2) is 0 Å². The van der Waals surface area contributed by atoms with Crippen LogP contribution in [0.25, 0.3) is 0 Å². The zero-order valence-corrected chi connectivity index (χ0v) is 11.8. The van der Waals surface area contributed by atoms with Gasteiger partial charge in [0.05, 0.1) is 19.4 Å². The summed E-state index contributed by atoms with van der Waals surface area (Å²) in [7, 11) is -1.64. The lowest BCUT2D eigenvalue weighted by Gasteiger charge is -2.15. The van der Waals surface area contributed by atoms with Gasteiger partial charge in [-0.3, -0.25) is 9.36 Å². The van der Waals surface area contributed by atoms with E-state index in [1.54, 1.807) is 0 Å². The Balaban J connectivity index is 3.83. The summed E-state index contributed by atoms with van der Waals surface area (Å²) in [6.07, 6.45) is 2.55. The van der Waals surface area contributed by atoms with E-state index in [4.69, 9.17) is 13.8 Å². The Hall–Kier alpha value is -0.380. The molecule has 0 radical (unpaired) electrons. The van der Waals surface area contributed by atoms with Crippen molar-refractivity contribution >= 4 is 13.6 Å². The molecule has 0 N–H and O–H groups in total.